The quantitative estimate of drug-likeness (QED) is 0.0344. The van der Waals surface area contributed by atoms with Crippen LogP contribution in [0.2, 0.25) is 0 Å². The minimum Gasteiger partial charge on any atom is -0.459 e. The molecule has 5 aromatic carbocycles. The normalized spacial score (nSPS) is 18.3. The van der Waals surface area contributed by atoms with Gasteiger partial charge in [-0.15, -0.1) is 0 Å². The third kappa shape index (κ3) is 10.9. The van der Waals surface area contributed by atoms with Crippen LogP contribution in [-0.4, -0.2) is 84.2 Å². The highest BCUT2D eigenvalue weighted by molar-refractivity contribution is 5.91. The number of ether oxygens (including phenoxy) is 6. The van der Waals surface area contributed by atoms with E-state index in [2.05, 4.69) is 5.32 Å². The Balaban J connectivity index is 1.32. The van der Waals surface area contributed by atoms with E-state index in [4.69, 9.17) is 28.4 Å². The van der Waals surface area contributed by atoms with Crippen LogP contribution in [0, 0.1) is 20.2 Å². The van der Waals surface area contributed by atoms with Crippen molar-refractivity contribution < 1.29 is 57.4 Å². The highest BCUT2D eigenvalue weighted by Gasteiger charge is 2.53. The maximum Gasteiger partial charge on any atom is 0.338 e. The van der Waals surface area contributed by atoms with Gasteiger partial charge in [-0.25, -0.2) is 19.2 Å². The Bertz CT molecular complexity index is 2280. The fourth-order valence-electron chi connectivity index (χ4n) is 6.09. The van der Waals surface area contributed by atoms with Crippen LogP contribution in [0.15, 0.2) is 140 Å². The minimum atomic E-state index is -1.63. The van der Waals surface area contributed by atoms with Crippen molar-refractivity contribution in [3.8, 4) is 0 Å². The van der Waals surface area contributed by atoms with Gasteiger partial charge < -0.3 is 33.7 Å². The molecule has 0 aliphatic carbocycles. The standard InChI is InChI=1S/C43H37N3O14/c47-39(28-14-5-1-6-15-28)56-27-35-36(58-40(48)29-16-7-2-8-17-29)37(59-41(49)30-18-9-3-10-19-30)38(60-42(50)31-20-11-4-12-21-31)43(57-35)55-25-13-24-44-33-23-22-32(45(51)52)26-34(33)46(53)54/h1-12,14-23,26,35-38,43-44H,13,24-25,27H2/t35-,36-,37+,38-,43+/m1/s1. The zero-order valence-electron chi connectivity index (χ0n) is 31.6. The summed E-state index contributed by atoms with van der Waals surface area (Å²) >= 11 is 0. The lowest BCUT2D eigenvalue weighted by molar-refractivity contribution is -0.393. The number of esters is 4. The number of hydrogen-bond acceptors (Lipinski definition) is 15. The lowest BCUT2D eigenvalue weighted by Crippen LogP contribution is -2.63. The van der Waals surface area contributed by atoms with Crippen LogP contribution in [0.1, 0.15) is 47.9 Å². The molecule has 1 heterocycles. The van der Waals surface area contributed by atoms with E-state index < -0.39 is 82.4 Å². The number of benzene rings is 5. The van der Waals surface area contributed by atoms with Gasteiger partial charge in [-0.3, -0.25) is 20.2 Å². The van der Waals surface area contributed by atoms with Gasteiger partial charge in [-0.2, -0.15) is 0 Å². The van der Waals surface area contributed by atoms with E-state index in [9.17, 15) is 39.4 Å². The Hall–Kier alpha value is -7.50. The summed E-state index contributed by atoms with van der Waals surface area (Å²) in [6.07, 6.45) is -7.58. The molecule has 1 saturated heterocycles. The average Bonchev–Trinajstić information content (AvgIpc) is 3.28. The van der Waals surface area contributed by atoms with Gasteiger partial charge in [0.05, 0.1) is 44.8 Å². The number of nitro benzene ring substituents is 2. The molecular formula is C43H37N3O14. The van der Waals surface area contributed by atoms with E-state index in [1.165, 1.54) is 54.6 Å². The predicted octanol–water partition coefficient (Wildman–Crippen LogP) is 6.58. The van der Waals surface area contributed by atoms with Crippen molar-refractivity contribution in [3.63, 3.8) is 0 Å². The number of rotatable bonds is 17. The molecule has 5 atom stereocenters. The van der Waals surface area contributed by atoms with Crippen molar-refractivity contribution in [2.24, 2.45) is 0 Å². The molecule has 0 unspecified atom stereocenters. The first-order chi connectivity index (χ1) is 29.1. The van der Waals surface area contributed by atoms with E-state index in [0.717, 1.165) is 12.1 Å². The molecule has 0 radical (unpaired) electrons. The summed E-state index contributed by atoms with van der Waals surface area (Å²) in [5.74, 6) is -3.35. The number of non-ortho nitro benzene ring substituents is 1. The predicted molar refractivity (Wildman–Crippen MR) is 211 cm³/mol. The molecule has 0 amide bonds. The first kappa shape index (κ1) is 42.1. The second kappa shape index (κ2) is 20.3. The SMILES string of the molecule is O=C(OC[C@H]1O[C@H](OCCCNc2ccc([N+](=O)[O-])cc2[N+](=O)[O-])[C@H](OC(=O)c2ccccc2)[C@@H](OC(=O)c2ccccc2)[C@@H]1OC(=O)c1ccccc1)c1ccccc1. The number of nitrogens with zero attached hydrogens (tertiary/aromatic N) is 2. The molecule has 17 nitrogen and oxygen atoms in total. The largest absolute Gasteiger partial charge is 0.459 e. The Kier molecular flexibility index (Phi) is 14.2. The van der Waals surface area contributed by atoms with Crippen molar-refractivity contribution >= 4 is 40.9 Å². The maximum absolute atomic E-state index is 13.8. The van der Waals surface area contributed by atoms with Gasteiger partial charge in [0.1, 0.15) is 18.4 Å². The number of hydrogen-bond donors (Lipinski definition) is 1. The summed E-state index contributed by atoms with van der Waals surface area (Å²) in [4.78, 5) is 75.7. The molecule has 308 valence electrons. The Morgan fingerprint density at radius 3 is 1.53 bits per heavy atom. The third-order valence-corrected chi connectivity index (χ3v) is 9.04. The molecule has 5 aromatic rings. The molecule has 17 heteroatoms. The number of nitrogens with one attached hydrogen (secondary N) is 1. The first-order valence-corrected chi connectivity index (χ1v) is 18.5. The highest BCUT2D eigenvalue weighted by Crippen LogP contribution is 2.33. The fourth-order valence-corrected chi connectivity index (χ4v) is 6.09. The van der Waals surface area contributed by atoms with E-state index in [-0.39, 0.29) is 47.5 Å². The summed E-state index contributed by atoms with van der Waals surface area (Å²) < 4.78 is 36.1. The monoisotopic (exact) mass is 819 g/mol. The van der Waals surface area contributed by atoms with Crippen LogP contribution in [0.4, 0.5) is 17.1 Å². The van der Waals surface area contributed by atoms with Crippen molar-refractivity contribution in [3.05, 3.63) is 182 Å². The van der Waals surface area contributed by atoms with E-state index in [0.29, 0.717) is 0 Å². The molecule has 1 aliphatic rings. The second-order valence-electron chi connectivity index (χ2n) is 13.1. The third-order valence-electron chi connectivity index (χ3n) is 9.04. The zero-order valence-corrected chi connectivity index (χ0v) is 31.6. The second-order valence-corrected chi connectivity index (χ2v) is 13.1. The summed E-state index contributed by atoms with van der Waals surface area (Å²) in [7, 11) is 0. The van der Waals surface area contributed by atoms with Crippen molar-refractivity contribution in [1.82, 2.24) is 0 Å². The molecular weight excluding hydrogens is 782 g/mol. The fraction of sp³-hybridized carbons (Fsp3) is 0.209. The van der Waals surface area contributed by atoms with Gasteiger partial charge in [-0.05, 0) is 61.0 Å². The molecule has 0 saturated carbocycles. The number of carbonyl (C=O) groups excluding carboxylic acids is 4. The molecule has 1 fully saturated rings. The Labute approximate surface area is 342 Å². The van der Waals surface area contributed by atoms with Gasteiger partial charge in [0, 0.05) is 12.6 Å². The molecule has 60 heavy (non-hydrogen) atoms. The smallest absolute Gasteiger partial charge is 0.338 e. The number of anilines is 1. The topological polar surface area (TPSA) is 222 Å². The average molecular weight is 820 g/mol. The van der Waals surface area contributed by atoms with Crippen LogP contribution < -0.4 is 5.32 Å². The van der Waals surface area contributed by atoms with Crippen molar-refractivity contribution in [1.29, 1.82) is 0 Å². The summed E-state index contributed by atoms with van der Waals surface area (Å²) in [5, 5.41) is 25.7. The van der Waals surface area contributed by atoms with Gasteiger partial charge in [0.2, 0.25) is 0 Å². The van der Waals surface area contributed by atoms with Crippen molar-refractivity contribution in [2.75, 3.05) is 25.1 Å². The Morgan fingerprint density at radius 2 is 1.05 bits per heavy atom. The molecule has 1 aliphatic heterocycles. The van der Waals surface area contributed by atoms with Crippen LogP contribution in [-0.2, 0) is 28.4 Å². The highest BCUT2D eigenvalue weighted by atomic mass is 16.7. The number of nitro groups is 2. The summed E-state index contributed by atoms with van der Waals surface area (Å²) in [6, 6.07) is 34.9. The van der Waals surface area contributed by atoms with Gasteiger partial charge in [0.15, 0.2) is 24.6 Å². The molecule has 0 spiro atoms. The van der Waals surface area contributed by atoms with Crippen molar-refractivity contribution in [2.45, 2.75) is 37.1 Å². The van der Waals surface area contributed by atoms with Crippen LogP contribution in [0.3, 0.4) is 0 Å². The zero-order chi connectivity index (χ0) is 42.4. The lowest BCUT2D eigenvalue weighted by Gasteiger charge is -2.44. The first-order valence-electron chi connectivity index (χ1n) is 18.5. The van der Waals surface area contributed by atoms with Crippen LogP contribution in [0.5, 0.6) is 0 Å². The van der Waals surface area contributed by atoms with Gasteiger partial charge in [0.25, 0.3) is 11.4 Å². The molecule has 0 bridgehead atoms. The summed E-state index contributed by atoms with van der Waals surface area (Å²) in [6.45, 7) is -0.658. The molecule has 1 N–H and O–H groups in total. The van der Waals surface area contributed by atoms with E-state index >= 15 is 0 Å². The van der Waals surface area contributed by atoms with E-state index in [1.807, 2.05) is 0 Å². The van der Waals surface area contributed by atoms with Gasteiger partial charge in [-0.1, -0.05) is 72.8 Å². The van der Waals surface area contributed by atoms with E-state index in [1.54, 1.807) is 72.8 Å². The molecule has 0 aromatic heterocycles. The Morgan fingerprint density at radius 1 is 0.583 bits per heavy atom. The minimum absolute atomic E-state index is 0.0189. The summed E-state index contributed by atoms with van der Waals surface area (Å²) in [5.41, 5.74) is -0.383. The van der Waals surface area contributed by atoms with Crippen LogP contribution in [0.25, 0.3) is 0 Å². The van der Waals surface area contributed by atoms with Crippen LogP contribution >= 0.6 is 0 Å². The number of carbonyl (C=O) groups is 4. The molecule has 6 rings (SSSR count). The lowest BCUT2D eigenvalue weighted by atomic mass is 9.97. The van der Waals surface area contributed by atoms with Gasteiger partial charge >= 0.3 is 23.9 Å². The maximum atomic E-state index is 13.8.